The van der Waals surface area contributed by atoms with Crippen molar-refractivity contribution in [3.8, 4) is 0 Å². The molecule has 8 heterocycles. The van der Waals surface area contributed by atoms with Crippen LogP contribution in [0.25, 0.3) is 20.4 Å². The minimum atomic E-state index is -1.98. The Morgan fingerprint density at radius 1 is 0.636 bits per heavy atom. The highest BCUT2D eigenvalue weighted by atomic mass is 32.1. The van der Waals surface area contributed by atoms with E-state index >= 15 is 0 Å². The average Bonchev–Trinajstić information content (AvgIpc) is 4.08. The molecule has 0 spiro atoms. The van der Waals surface area contributed by atoms with E-state index in [1.54, 1.807) is 37.0 Å². The second kappa shape index (κ2) is 15.6. The maximum absolute atomic E-state index is 13.7. The number of aliphatic hydroxyl groups excluding tert-OH is 2. The number of aromatic nitrogens is 2. The number of fused-ring (bicyclic) bond motifs is 12. The van der Waals surface area contributed by atoms with Crippen LogP contribution in [0.3, 0.4) is 0 Å². The maximum atomic E-state index is 13.7. The van der Waals surface area contributed by atoms with Crippen molar-refractivity contribution in [2.75, 3.05) is 23.0 Å². The highest BCUT2D eigenvalue weighted by molar-refractivity contribution is 7.17. The van der Waals surface area contributed by atoms with E-state index in [-0.39, 0.29) is 33.7 Å². The lowest BCUT2D eigenvalue weighted by atomic mass is 9.66. The van der Waals surface area contributed by atoms with Gasteiger partial charge in [0, 0.05) is 26.1 Å². The second-order valence-electron chi connectivity index (χ2n) is 22.8. The van der Waals surface area contributed by atoms with E-state index in [1.165, 1.54) is 32.5 Å². The van der Waals surface area contributed by atoms with Gasteiger partial charge in [-0.1, -0.05) is 41.5 Å². The van der Waals surface area contributed by atoms with Gasteiger partial charge in [-0.15, -0.1) is 22.7 Å². The normalized spacial score (nSPS) is 34.0. The Kier molecular flexibility index (Phi) is 11.3. The molecule has 6 fully saturated rings. The first-order chi connectivity index (χ1) is 30.6. The Morgan fingerprint density at radius 2 is 0.985 bits per heavy atom. The summed E-state index contributed by atoms with van der Waals surface area (Å²) < 4.78 is 27.5. The monoisotopic (exact) mass is 976 g/mol. The molecule has 0 saturated carbocycles. The van der Waals surface area contributed by atoms with E-state index in [0.29, 0.717) is 50.3 Å². The summed E-state index contributed by atoms with van der Waals surface area (Å²) >= 11 is 2.95. The van der Waals surface area contributed by atoms with Gasteiger partial charge in [-0.05, 0) is 99.4 Å². The second-order valence-corrected chi connectivity index (χ2v) is 34.2. The van der Waals surface area contributed by atoms with Crippen molar-refractivity contribution in [3.63, 3.8) is 0 Å². The SMILES string of the molecule is CC12OC(CCO[Si](C)(C)C(C)(C)C)(C[C@@H]1O)[C@H]1C(=O)N(c3ccc4ncsc4c3)C(=O)[C@H]12.CC12OC(CCO[Si](C)(C)C(C)(C)C)(C[C@H]1O)[C@@H]1C(=O)N(c3ccc4ncsc4c3)C(=O)[C@@H]12. The van der Waals surface area contributed by atoms with Gasteiger partial charge in [0.1, 0.15) is 11.2 Å². The van der Waals surface area contributed by atoms with Crippen LogP contribution in [0.5, 0.6) is 0 Å². The summed E-state index contributed by atoms with van der Waals surface area (Å²) in [6.45, 7) is 26.3. The number of anilines is 2. The molecule has 6 aliphatic rings. The topological polar surface area (TPSA) is 178 Å². The maximum Gasteiger partial charge on any atom is 0.240 e. The zero-order valence-electron chi connectivity index (χ0n) is 40.1. The van der Waals surface area contributed by atoms with Gasteiger partial charge < -0.3 is 28.5 Å². The number of amides is 4. The standard InChI is InChI=1S/2C24H32N2O5SSi/c2*1-22(2,3)33(5,6)30-10-9-24-12-17(27)23(4,31-24)18-19(24)21(29)26(20(18)28)14-7-8-15-16(11-14)32-13-25-15/h2*7-8,11,13,17-19,27H,9-10,12H2,1-6H3/t2*17-,18-,19+,23?,24?/m10/s1. The molecule has 14 nitrogen and oxygen atoms in total. The zero-order valence-corrected chi connectivity index (χ0v) is 43.7. The van der Waals surface area contributed by atoms with Crippen molar-refractivity contribution >= 4 is 94.7 Å². The quantitative estimate of drug-likeness (QED) is 0.115. The van der Waals surface area contributed by atoms with Crippen LogP contribution in [0.4, 0.5) is 11.4 Å². The first-order valence-electron chi connectivity index (χ1n) is 23.1. The predicted molar refractivity (Wildman–Crippen MR) is 259 cm³/mol. The predicted octanol–water partition coefficient (Wildman–Crippen LogP) is 8.21. The van der Waals surface area contributed by atoms with Gasteiger partial charge in [0.2, 0.25) is 23.6 Å². The van der Waals surface area contributed by atoms with Crippen LogP contribution in [0, 0.1) is 23.7 Å². The van der Waals surface area contributed by atoms with Gasteiger partial charge >= 0.3 is 0 Å². The van der Waals surface area contributed by atoms with Gasteiger partial charge in [-0.2, -0.15) is 0 Å². The number of rotatable bonds is 10. The first-order valence-corrected chi connectivity index (χ1v) is 30.7. The largest absolute Gasteiger partial charge is 0.417 e. The van der Waals surface area contributed by atoms with Crippen molar-refractivity contribution in [1.29, 1.82) is 0 Å². The van der Waals surface area contributed by atoms with Gasteiger partial charge in [0.25, 0.3) is 0 Å². The fraction of sp³-hybridized carbons (Fsp3) is 0.625. The van der Waals surface area contributed by atoms with E-state index in [2.05, 4.69) is 77.7 Å². The molecule has 66 heavy (non-hydrogen) atoms. The molecule has 2 aromatic heterocycles. The van der Waals surface area contributed by atoms with Gasteiger partial charge in [0.05, 0.1) is 89.9 Å². The van der Waals surface area contributed by atoms with Crippen LogP contribution in [0.2, 0.25) is 36.3 Å². The summed E-state index contributed by atoms with van der Waals surface area (Å²) in [5.74, 6) is -3.67. The molecule has 4 amide bonds. The van der Waals surface area contributed by atoms with Crippen LogP contribution in [-0.4, -0.2) is 108 Å². The first kappa shape index (κ1) is 47.7. The summed E-state index contributed by atoms with van der Waals surface area (Å²) in [6.07, 6.45) is 0.0420. The van der Waals surface area contributed by atoms with Gasteiger partial charge in [-0.25, -0.2) is 19.8 Å². The molecule has 6 saturated heterocycles. The van der Waals surface area contributed by atoms with E-state index in [0.717, 1.165) is 20.4 Å². The molecule has 18 heteroatoms. The summed E-state index contributed by atoms with van der Waals surface area (Å²) in [7, 11) is -3.96. The molecule has 4 aromatic rings. The molecule has 0 radical (unpaired) electrons. The number of ether oxygens (including phenoxy) is 2. The lowest BCUT2D eigenvalue weighted by Gasteiger charge is -2.38. The Balaban J connectivity index is 0.000000166. The molecule has 6 aliphatic heterocycles. The molecular formula is C48H64N4O10S2Si2. The summed E-state index contributed by atoms with van der Waals surface area (Å²) in [5.41, 5.74) is 2.37. The van der Waals surface area contributed by atoms with Gasteiger partial charge in [-0.3, -0.25) is 19.2 Å². The number of thiazole rings is 2. The molecule has 2 aromatic carbocycles. The fourth-order valence-electron chi connectivity index (χ4n) is 11.1. The van der Waals surface area contributed by atoms with Crippen LogP contribution in [0.15, 0.2) is 47.4 Å². The lowest BCUT2D eigenvalue weighted by molar-refractivity contribution is -0.135. The lowest BCUT2D eigenvalue weighted by Crippen LogP contribution is -2.50. The number of hydrogen-bond acceptors (Lipinski definition) is 14. The number of hydrogen-bond donors (Lipinski definition) is 2. The van der Waals surface area contributed by atoms with Crippen molar-refractivity contribution in [3.05, 3.63) is 47.4 Å². The van der Waals surface area contributed by atoms with Crippen molar-refractivity contribution < 1.29 is 47.7 Å². The third kappa shape index (κ3) is 7.09. The van der Waals surface area contributed by atoms with Crippen molar-refractivity contribution in [2.45, 2.75) is 152 Å². The molecule has 4 bridgehead atoms. The van der Waals surface area contributed by atoms with Crippen LogP contribution >= 0.6 is 22.7 Å². The van der Waals surface area contributed by atoms with Crippen molar-refractivity contribution in [2.24, 2.45) is 23.7 Å². The molecule has 4 unspecified atom stereocenters. The number of nitrogens with zero attached hydrogens (tertiary/aromatic N) is 4. The summed E-state index contributed by atoms with van der Waals surface area (Å²) in [6, 6.07) is 10.9. The molecule has 0 aliphatic carbocycles. The van der Waals surface area contributed by atoms with Crippen molar-refractivity contribution in [1.82, 2.24) is 9.97 Å². The number of imide groups is 2. The van der Waals surface area contributed by atoms with Crippen LogP contribution in [0.1, 0.15) is 81.1 Å². The third-order valence-electron chi connectivity index (χ3n) is 17.0. The number of carbonyl (C=O) groups excluding carboxylic acids is 4. The minimum Gasteiger partial charge on any atom is -0.417 e. The Morgan fingerprint density at radius 3 is 1.33 bits per heavy atom. The summed E-state index contributed by atoms with van der Waals surface area (Å²) in [4.78, 5) is 65.8. The van der Waals surface area contributed by atoms with Crippen LogP contribution < -0.4 is 9.80 Å². The van der Waals surface area contributed by atoms with E-state index < -0.39 is 74.9 Å². The van der Waals surface area contributed by atoms with E-state index in [9.17, 15) is 29.4 Å². The Bertz CT molecular complexity index is 2460. The number of benzene rings is 2. The van der Waals surface area contributed by atoms with E-state index in [1.807, 2.05) is 24.3 Å². The van der Waals surface area contributed by atoms with Gasteiger partial charge in [0.15, 0.2) is 16.6 Å². The van der Waals surface area contributed by atoms with Crippen LogP contribution in [-0.2, 0) is 37.5 Å². The Labute approximate surface area is 396 Å². The molecule has 10 rings (SSSR count). The minimum absolute atomic E-state index is 0.0681. The highest BCUT2D eigenvalue weighted by Crippen LogP contribution is 2.64. The zero-order chi connectivity index (χ0) is 47.9. The summed E-state index contributed by atoms with van der Waals surface area (Å²) in [5, 5.41) is 22.0. The average molecular weight is 977 g/mol. The molecule has 2 N–H and O–H groups in total. The molecule has 356 valence electrons. The fourth-order valence-corrected chi connectivity index (χ4v) is 14.6. The van der Waals surface area contributed by atoms with E-state index in [4.69, 9.17) is 18.3 Å². The smallest absolute Gasteiger partial charge is 0.240 e. The Hall–Kier alpha value is -3.31. The number of aliphatic hydroxyl groups is 2. The molecular weight excluding hydrogens is 913 g/mol. The molecule has 10 atom stereocenters. The third-order valence-corrected chi connectivity index (χ3v) is 27.6. The number of carbonyl (C=O) groups is 4. The highest BCUT2D eigenvalue weighted by Gasteiger charge is 2.78.